The number of pyridine rings is 1. The zero-order chi connectivity index (χ0) is 25.1. The highest BCUT2D eigenvalue weighted by Crippen LogP contribution is 2.34. The summed E-state index contributed by atoms with van der Waals surface area (Å²) in [5.74, 6) is -0.126. The van der Waals surface area contributed by atoms with Crippen LogP contribution >= 0.6 is 0 Å². The number of rotatable bonds is 7. The van der Waals surface area contributed by atoms with Gasteiger partial charge in [-0.05, 0) is 44.1 Å². The molecule has 0 atom stereocenters. The fraction of sp³-hybridized carbons (Fsp3) is 0.552. The molecule has 1 aliphatic heterocycles. The third-order valence-electron chi connectivity index (χ3n) is 7.91. The Kier molecular flexibility index (Phi) is 7.56. The first kappa shape index (κ1) is 24.8. The molecular formula is C29H38N4O3. The van der Waals surface area contributed by atoms with Crippen LogP contribution in [-0.4, -0.2) is 58.9 Å². The van der Waals surface area contributed by atoms with Crippen LogP contribution < -0.4 is 10.7 Å². The highest BCUT2D eigenvalue weighted by atomic mass is 16.2. The number of nitrogens with zero attached hydrogens (tertiary/aromatic N) is 3. The van der Waals surface area contributed by atoms with Gasteiger partial charge in [0.15, 0.2) is 0 Å². The SMILES string of the molecule is Cc1cccc(CN2CCN(C(=O)c3cn(C4CC4)cc(C(=O)NCC4CCCCC4)c3=O)CC2)c1. The van der Waals surface area contributed by atoms with Gasteiger partial charge in [0.25, 0.3) is 11.8 Å². The average molecular weight is 491 g/mol. The zero-order valence-electron chi connectivity index (χ0n) is 21.4. The van der Waals surface area contributed by atoms with Crippen LogP contribution in [0, 0.1) is 12.8 Å². The van der Waals surface area contributed by atoms with Gasteiger partial charge in [0, 0.05) is 57.7 Å². The van der Waals surface area contributed by atoms with Crippen molar-refractivity contribution < 1.29 is 9.59 Å². The van der Waals surface area contributed by atoms with Crippen molar-refractivity contribution in [1.29, 1.82) is 0 Å². The first-order chi connectivity index (χ1) is 17.5. The Balaban J connectivity index is 1.26. The molecule has 1 N–H and O–H groups in total. The number of carbonyl (C=O) groups is 2. The summed E-state index contributed by atoms with van der Waals surface area (Å²) in [6.07, 6.45) is 11.3. The fourth-order valence-corrected chi connectivity index (χ4v) is 5.57. The molecule has 2 aliphatic carbocycles. The van der Waals surface area contributed by atoms with Crippen LogP contribution in [0.2, 0.25) is 0 Å². The molecule has 1 saturated heterocycles. The van der Waals surface area contributed by atoms with Crippen LogP contribution in [0.25, 0.3) is 0 Å². The van der Waals surface area contributed by atoms with E-state index in [1.54, 1.807) is 17.3 Å². The molecule has 2 saturated carbocycles. The van der Waals surface area contributed by atoms with Crippen molar-refractivity contribution in [3.63, 3.8) is 0 Å². The number of benzene rings is 1. The van der Waals surface area contributed by atoms with Gasteiger partial charge in [0.2, 0.25) is 5.43 Å². The van der Waals surface area contributed by atoms with Gasteiger partial charge in [0.1, 0.15) is 11.1 Å². The van der Waals surface area contributed by atoms with E-state index in [1.807, 2.05) is 4.57 Å². The molecule has 3 fully saturated rings. The van der Waals surface area contributed by atoms with Gasteiger partial charge in [-0.15, -0.1) is 0 Å². The molecule has 0 bridgehead atoms. The summed E-state index contributed by atoms with van der Waals surface area (Å²) in [4.78, 5) is 44.0. The second kappa shape index (κ2) is 11.0. The molecule has 1 aromatic heterocycles. The standard InChI is InChI=1S/C29H38N4O3/c1-21-6-5-9-23(16-21)18-31-12-14-32(15-13-31)29(36)26-20-33(24-10-11-24)19-25(27(26)34)28(35)30-17-22-7-3-2-4-8-22/h5-6,9,16,19-20,22,24H,2-4,7-8,10-15,17-18H2,1H3,(H,30,35). The highest BCUT2D eigenvalue weighted by molar-refractivity contribution is 5.99. The van der Waals surface area contributed by atoms with Gasteiger partial charge < -0.3 is 14.8 Å². The number of nitrogens with one attached hydrogen (secondary N) is 1. The van der Waals surface area contributed by atoms with Crippen molar-refractivity contribution in [2.75, 3.05) is 32.7 Å². The van der Waals surface area contributed by atoms with E-state index in [1.165, 1.54) is 30.4 Å². The Bertz CT molecular complexity index is 1160. The number of aryl methyl sites for hydroxylation is 1. The predicted octanol–water partition coefficient (Wildman–Crippen LogP) is 3.76. The van der Waals surface area contributed by atoms with E-state index in [9.17, 15) is 14.4 Å². The minimum Gasteiger partial charge on any atom is -0.352 e. The molecule has 36 heavy (non-hydrogen) atoms. The molecular weight excluding hydrogens is 452 g/mol. The first-order valence-corrected chi connectivity index (χ1v) is 13.6. The fourth-order valence-electron chi connectivity index (χ4n) is 5.57. The van der Waals surface area contributed by atoms with Gasteiger partial charge in [-0.25, -0.2) is 0 Å². The molecule has 1 aromatic carbocycles. The summed E-state index contributed by atoms with van der Waals surface area (Å²) in [5.41, 5.74) is 2.30. The predicted molar refractivity (Wildman–Crippen MR) is 140 cm³/mol. The molecule has 0 unspecified atom stereocenters. The van der Waals surface area contributed by atoms with Crippen LogP contribution in [0.3, 0.4) is 0 Å². The van der Waals surface area contributed by atoms with E-state index in [2.05, 4.69) is 41.4 Å². The maximum Gasteiger partial charge on any atom is 0.259 e. The summed E-state index contributed by atoms with van der Waals surface area (Å²) in [5, 5.41) is 2.99. The lowest BCUT2D eigenvalue weighted by Crippen LogP contribution is -2.49. The van der Waals surface area contributed by atoms with Crippen molar-refractivity contribution in [2.24, 2.45) is 5.92 Å². The van der Waals surface area contributed by atoms with Crippen LogP contribution in [0.4, 0.5) is 0 Å². The quantitative estimate of drug-likeness (QED) is 0.641. The number of hydrogen-bond acceptors (Lipinski definition) is 4. The summed E-state index contributed by atoms with van der Waals surface area (Å²) in [6.45, 7) is 6.23. The molecule has 5 rings (SSSR count). The minimum atomic E-state index is -0.444. The van der Waals surface area contributed by atoms with Gasteiger partial charge in [-0.2, -0.15) is 0 Å². The Morgan fingerprint density at radius 1 is 0.944 bits per heavy atom. The van der Waals surface area contributed by atoms with Crippen LogP contribution in [0.1, 0.15) is 82.8 Å². The summed E-state index contributed by atoms with van der Waals surface area (Å²) in [7, 11) is 0. The maximum atomic E-state index is 13.5. The lowest BCUT2D eigenvalue weighted by atomic mass is 9.89. The molecule has 0 radical (unpaired) electrons. The van der Waals surface area contributed by atoms with E-state index >= 15 is 0 Å². The Labute approximate surface area is 213 Å². The topological polar surface area (TPSA) is 74.7 Å². The molecule has 7 heteroatoms. The van der Waals surface area contributed by atoms with Crippen molar-refractivity contribution in [3.05, 3.63) is 69.1 Å². The Hall–Kier alpha value is -2.93. The maximum absolute atomic E-state index is 13.5. The normalized spacial score (nSPS) is 19.3. The van der Waals surface area contributed by atoms with Gasteiger partial charge in [0.05, 0.1) is 0 Å². The van der Waals surface area contributed by atoms with E-state index < -0.39 is 5.43 Å². The summed E-state index contributed by atoms with van der Waals surface area (Å²) >= 11 is 0. The molecule has 192 valence electrons. The number of carbonyl (C=O) groups excluding carboxylic acids is 2. The highest BCUT2D eigenvalue weighted by Gasteiger charge is 2.30. The third-order valence-corrected chi connectivity index (χ3v) is 7.91. The van der Waals surface area contributed by atoms with Crippen LogP contribution in [-0.2, 0) is 6.54 Å². The first-order valence-electron chi connectivity index (χ1n) is 13.6. The van der Waals surface area contributed by atoms with E-state index in [-0.39, 0.29) is 29.0 Å². The Morgan fingerprint density at radius 2 is 1.67 bits per heavy atom. The van der Waals surface area contributed by atoms with Gasteiger partial charge in [-0.1, -0.05) is 49.1 Å². The second-order valence-electron chi connectivity index (χ2n) is 10.9. The zero-order valence-corrected chi connectivity index (χ0v) is 21.4. The minimum absolute atomic E-state index is 0.0987. The molecule has 2 aromatic rings. The largest absolute Gasteiger partial charge is 0.352 e. The van der Waals surface area contributed by atoms with E-state index in [0.717, 1.165) is 45.3 Å². The number of amides is 2. The van der Waals surface area contributed by atoms with Gasteiger partial charge in [-0.3, -0.25) is 19.3 Å². The van der Waals surface area contributed by atoms with Crippen molar-refractivity contribution >= 4 is 11.8 Å². The van der Waals surface area contributed by atoms with Crippen molar-refractivity contribution in [2.45, 2.75) is 64.5 Å². The lowest BCUT2D eigenvalue weighted by Gasteiger charge is -2.34. The molecule has 0 spiro atoms. The van der Waals surface area contributed by atoms with Crippen LogP contribution in [0.15, 0.2) is 41.5 Å². The average Bonchev–Trinajstić information content (AvgIpc) is 3.74. The molecule has 2 amide bonds. The molecule has 7 nitrogen and oxygen atoms in total. The second-order valence-corrected chi connectivity index (χ2v) is 10.9. The third kappa shape index (κ3) is 5.89. The van der Waals surface area contributed by atoms with E-state index in [4.69, 9.17) is 0 Å². The monoisotopic (exact) mass is 490 g/mol. The van der Waals surface area contributed by atoms with Crippen molar-refractivity contribution in [1.82, 2.24) is 19.7 Å². The summed E-state index contributed by atoms with van der Waals surface area (Å²) in [6, 6.07) is 8.78. The Morgan fingerprint density at radius 3 is 2.36 bits per heavy atom. The van der Waals surface area contributed by atoms with E-state index in [0.29, 0.717) is 25.6 Å². The van der Waals surface area contributed by atoms with Crippen LogP contribution in [0.5, 0.6) is 0 Å². The number of aromatic nitrogens is 1. The molecule has 3 aliphatic rings. The summed E-state index contributed by atoms with van der Waals surface area (Å²) < 4.78 is 1.91. The molecule has 2 heterocycles. The smallest absolute Gasteiger partial charge is 0.259 e. The van der Waals surface area contributed by atoms with Crippen molar-refractivity contribution in [3.8, 4) is 0 Å². The lowest BCUT2D eigenvalue weighted by molar-refractivity contribution is 0.0626. The number of piperazine rings is 1. The van der Waals surface area contributed by atoms with Gasteiger partial charge >= 0.3 is 0 Å². The number of hydrogen-bond donors (Lipinski definition) is 1.